The third-order valence-electron chi connectivity index (χ3n) is 3.11. The fourth-order valence-corrected chi connectivity index (χ4v) is 2.10. The molecule has 2 aromatic rings. The smallest absolute Gasteiger partial charge is 0.277 e. The number of H-pyrrole nitrogens is 1. The second kappa shape index (κ2) is 4.76. The van der Waals surface area contributed by atoms with E-state index >= 15 is 0 Å². The molecule has 0 fully saturated rings. The molecule has 0 unspecified atom stereocenters. The zero-order chi connectivity index (χ0) is 15.0. The van der Waals surface area contributed by atoms with E-state index < -0.39 is 16.3 Å². The molecule has 0 bridgehead atoms. The number of carbonyl (C=O) groups is 1. The van der Waals surface area contributed by atoms with Gasteiger partial charge in [0.05, 0.1) is 4.92 Å². The summed E-state index contributed by atoms with van der Waals surface area (Å²) >= 11 is 0. The first-order valence-electron chi connectivity index (χ1n) is 5.88. The van der Waals surface area contributed by atoms with Crippen LogP contribution in [0.1, 0.15) is 27.2 Å². The van der Waals surface area contributed by atoms with Gasteiger partial charge in [0.25, 0.3) is 11.2 Å². The lowest BCUT2D eigenvalue weighted by Crippen LogP contribution is -2.19. The van der Waals surface area contributed by atoms with Crippen LogP contribution in [0, 0.1) is 24.0 Å². The van der Waals surface area contributed by atoms with Crippen LogP contribution in [0.15, 0.2) is 23.0 Å². The third-order valence-corrected chi connectivity index (χ3v) is 3.11. The van der Waals surface area contributed by atoms with Crippen LogP contribution in [0.3, 0.4) is 0 Å². The number of benzene rings is 1. The summed E-state index contributed by atoms with van der Waals surface area (Å²) in [5.74, 6) is -0.442. The minimum atomic E-state index is -0.510. The Morgan fingerprint density at radius 3 is 2.45 bits per heavy atom. The molecule has 1 aromatic carbocycles. The molecular weight excluding hydrogens is 262 g/mol. The molecule has 1 aromatic heterocycles. The molecule has 0 atom stereocenters. The summed E-state index contributed by atoms with van der Waals surface area (Å²) in [6.45, 7) is 3.18. The number of hydrogen-bond donors (Lipinski definition) is 1. The highest BCUT2D eigenvalue weighted by atomic mass is 16.6. The Bertz CT molecular complexity index is 770. The monoisotopic (exact) mass is 275 g/mol. The average molecular weight is 275 g/mol. The lowest BCUT2D eigenvalue weighted by atomic mass is 10.0. The minimum Gasteiger partial charge on any atom is -0.299 e. The van der Waals surface area contributed by atoms with Crippen LogP contribution in [-0.2, 0) is 7.05 Å². The van der Waals surface area contributed by atoms with Crippen molar-refractivity contribution in [2.75, 3.05) is 0 Å². The number of nitrogens with zero attached hydrogens (tertiary/aromatic N) is 2. The highest BCUT2D eigenvalue weighted by molar-refractivity contribution is 6.09. The molecule has 0 saturated carbocycles. The third kappa shape index (κ3) is 2.13. The Morgan fingerprint density at radius 2 is 2.00 bits per heavy atom. The number of aryl methyl sites for hydroxylation is 3. The normalized spacial score (nSPS) is 10.6. The van der Waals surface area contributed by atoms with Gasteiger partial charge in [-0.2, -0.15) is 0 Å². The Morgan fingerprint density at radius 1 is 1.35 bits per heavy atom. The molecule has 1 heterocycles. The quantitative estimate of drug-likeness (QED) is 0.521. The highest BCUT2D eigenvalue weighted by Gasteiger charge is 2.21. The van der Waals surface area contributed by atoms with E-state index in [9.17, 15) is 19.7 Å². The molecule has 7 heteroatoms. The van der Waals surface area contributed by atoms with E-state index in [-0.39, 0.29) is 16.8 Å². The minimum absolute atomic E-state index is 0.0553. The molecule has 0 radical (unpaired) electrons. The number of ketones is 1. The molecule has 20 heavy (non-hydrogen) atoms. The standard InChI is InChI=1S/C13H13N3O4/c1-7-6-9(4-5-10(7)16(19)20)12(17)11-8(2)14-15(3)13(11)18/h4-6,14H,1-3H3. The fourth-order valence-electron chi connectivity index (χ4n) is 2.10. The Balaban J connectivity index is 2.52. The van der Waals surface area contributed by atoms with E-state index in [4.69, 9.17) is 0 Å². The summed E-state index contributed by atoms with van der Waals surface area (Å²) in [5, 5.41) is 13.5. The molecule has 0 aliphatic heterocycles. The summed E-state index contributed by atoms with van der Waals surface area (Å²) in [5.41, 5.74) is 0.696. The van der Waals surface area contributed by atoms with Crippen molar-refractivity contribution in [1.82, 2.24) is 9.78 Å². The number of nitro groups is 1. The van der Waals surface area contributed by atoms with Gasteiger partial charge in [-0.05, 0) is 26.0 Å². The van der Waals surface area contributed by atoms with Gasteiger partial charge in [0.1, 0.15) is 5.56 Å². The SMILES string of the molecule is Cc1cc(C(=O)c2c(C)[nH]n(C)c2=O)ccc1[N+](=O)[O-]. The van der Waals surface area contributed by atoms with Crippen LogP contribution in [0.25, 0.3) is 0 Å². The largest absolute Gasteiger partial charge is 0.299 e. The van der Waals surface area contributed by atoms with Gasteiger partial charge in [0.15, 0.2) is 5.78 Å². The van der Waals surface area contributed by atoms with Crippen LogP contribution in [-0.4, -0.2) is 20.5 Å². The van der Waals surface area contributed by atoms with Crippen LogP contribution >= 0.6 is 0 Å². The number of aromatic amines is 1. The van der Waals surface area contributed by atoms with Crippen molar-refractivity contribution in [3.8, 4) is 0 Å². The topological polar surface area (TPSA) is 98.0 Å². The number of nitro benzene ring substituents is 1. The van der Waals surface area contributed by atoms with Crippen molar-refractivity contribution >= 4 is 11.5 Å². The van der Waals surface area contributed by atoms with Crippen molar-refractivity contribution < 1.29 is 9.72 Å². The molecule has 1 N–H and O–H groups in total. The Kier molecular flexibility index (Phi) is 3.27. The fraction of sp³-hybridized carbons (Fsp3) is 0.231. The van der Waals surface area contributed by atoms with Crippen molar-refractivity contribution in [2.45, 2.75) is 13.8 Å². The van der Waals surface area contributed by atoms with Gasteiger partial charge < -0.3 is 0 Å². The van der Waals surface area contributed by atoms with Crippen molar-refractivity contribution in [3.05, 3.63) is 61.1 Å². The van der Waals surface area contributed by atoms with Gasteiger partial charge in [0, 0.05) is 29.9 Å². The van der Waals surface area contributed by atoms with Gasteiger partial charge in [-0.25, -0.2) is 0 Å². The van der Waals surface area contributed by atoms with E-state index in [1.54, 1.807) is 13.8 Å². The van der Waals surface area contributed by atoms with Crippen molar-refractivity contribution in [2.24, 2.45) is 7.05 Å². The zero-order valence-electron chi connectivity index (χ0n) is 11.3. The van der Waals surface area contributed by atoms with Gasteiger partial charge in [0.2, 0.25) is 0 Å². The molecule has 0 saturated heterocycles. The maximum Gasteiger partial charge on any atom is 0.277 e. The van der Waals surface area contributed by atoms with Crippen LogP contribution in [0.4, 0.5) is 5.69 Å². The summed E-state index contributed by atoms with van der Waals surface area (Å²) in [7, 11) is 1.52. The van der Waals surface area contributed by atoms with Crippen molar-refractivity contribution in [3.63, 3.8) is 0 Å². The Labute approximate surface area is 114 Å². The zero-order valence-corrected chi connectivity index (χ0v) is 11.3. The number of carbonyl (C=O) groups excluding carboxylic acids is 1. The molecule has 0 spiro atoms. The van der Waals surface area contributed by atoms with Crippen molar-refractivity contribution in [1.29, 1.82) is 0 Å². The second-order valence-corrected chi connectivity index (χ2v) is 4.56. The lowest BCUT2D eigenvalue weighted by Gasteiger charge is -2.01. The predicted octanol–water partition coefficient (Wildman–Crippen LogP) is 1.47. The van der Waals surface area contributed by atoms with E-state index in [1.165, 1.54) is 29.9 Å². The first kappa shape index (κ1) is 13.7. The second-order valence-electron chi connectivity index (χ2n) is 4.56. The first-order valence-corrected chi connectivity index (χ1v) is 5.88. The van der Waals surface area contributed by atoms with Crippen LogP contribution in [0.2, 0.25) is 0 Å². The van der Waals surface area contributed by atoms with E-state index in [0.717, 1.165) is 0 Å². The molecule has 104 valence electrons. The number of nitrogens with one attached hydrogen (secondary N) is 1. The highest BCUT2D eigenvalue weighted by Crippen LogP contribution is 2.20. The first-order chi connectivity index (χ1) is 9.32. The summed E-state index contributed by atoms with van der Waals surface area (Å²) in [4.78, 5) is 34.4. The lowest BCUT2D eigenvalue weighted by molar-refractivity contribution is -0.385. The van der Waals surface area contributed by atoms with Gasteiger partial charge >= 0.3 is 0 Å². The maximum atomic E-state index is 12.3. The number of aromatic nitrogens is 2. The molecule has 2 rings (SSSR count). The number of hydrogen-bond acceptors (Lipinski definition) is 4. The van der Waals surface area contributed by atoms with Gasteiger partial charge in [-0.3, -0.25) is 29.5 Å². The molecule has 0 amide bonds. The number of rotatable bonds is 3. The maximum absolute atomic E-state index is 12.3. The Hall–Kier alpha value is -2.70. The molecule has 0 aliphatic carbocycles. The van der Waals surface area contributed by atoms with Gasteiger partial charge in [-0.1, -0.05) is 0 Å². The summed E-state index contributed by atoms with van der Waals surface area (Å²) < 4.78 is 1.22. The predicted molar refractivity (Wildman–Crippen MR) is 72.0 cm³/mol. The van der Waals surface area contributed by atoms with E-state index in [0.29, 0.717) is 11.3 Å². The molecule has 7 nitrogen and oxygen atoms in total. The van der Waals surface area contributed by atoms with E-state index in [1.807, 2.05) is 0 Å². The van der Waals surface area contributed by atoms with Gasteiger partial charge in [-0.15, -0.1) is 0 Å². The molecule has 0 aliphatic rings. The van der Waals surface area contributed by atoms with Crippen LogP contribution < -0.4 is 5.56 Å². The molecular formula is C13H13N3O4. The van der Waals surface area contributed by atoms with Crippen LogP contribution in [0.5, 0.6) is 0 Å². The average Bonchev–Trinajstić information content (AvgIpc) is 2.62. The summed E-state index contributed by atoms with van der Waals surface area (Å²) in [6, 6.07) is 4.06. The summed E-state index contributed by atoms with van der Waals surface area (Å²) in [6.07, 6.45) is 0. The van der Waals surface area contributed by atoms with E-state index in [2.05, 4.69) is 5.10 Å².